The minimum absolute atomic E-state index is 0.182. The van der Waals surface area contributed by atoms with Crippen LogP contribution in [0.5, 0.6) is 5.75 Å². The lowest BCUT2D eigenvalue weighted by Crippen LogP contribution is -1.98. The summed E-state index contributed by atoms with van der Waals surface area (Å²) in [6.07, 6.45) is 0. The van der Waals surface area contributed by atoms with E-state index < -0.39 is 5.97 Å². The van der Waals surface area contributed by atoms with Gasteiger partial charge in [-0.15, -0.1) is 0 Å². The van der Waals surface area contributed by atoms with Gasteiger partial charge in [-0.1, -0.05) is 26.0 Å². The fraction of sp³-hybridized carbons (Fsp3) is 0.353. The molecule has 1 heterocycles. The maximum absolute atomic E-state index is 11.0. The molecule has 0 saturated heterocycles. The van der Waals surface area contributed by atoms with E-state index in [1.54, 1.807) is 6.92 Å². The van der Waals surface area contributed by atoms with Crippen LogP contribution < -0.4 is 4.74 Å². The van der Waals surface area contributed by atoms with Crippen molar-refractivity contribution in [3.8, 4) is 5.75 Å². The third kappa shape index (κ3) is 3.45. The molecule has 0 saturated carbocycles. The minimum Gasteiger partial charge on any atom is -0.485 e. The van der Waals surface area contributed by atoms with E-state index in [4.69, 9.17) is 14.3 Å². The highest BCUT2D eigenvalue weighted by Gasteiger charge is 2.14. The molecule has 21 heavy (non-hydrogen) atoms. The summed E-state index contributed by atoms with van der Waals surface area (Å²) >= 11 is 0. The molecule has 2 aromatic rings. The maximum Gasteiger partial charge on any atom is 0.339 e. The average molecular weight is 288 g/mol. The van der Waals surface area contributed by atoms with Crippen molar-refractivity contribution in [2.75, 3.05) is 0 Å². The Morgan fingerprint density at radius 1 is 1.29 bits per heavy atom. The number of rotatable bonds is 5. The first-order chi connectivity index (χ1) is 9.88. The van der Waals surface area contributed by atoms with Crippen LogP contribution in [0.15, 0.2) is 28.7 Å². The van der Waals surface area contributed by atoms with Gasteiger partial charge in [-0.25, -0.2) is 4.79 Å². The summed E-state index contributed by atoms with van der Waals surface area (Å²) in [6, 6.07) is 7.65. The van der Waals surface area contributed by atoms with E-state index >= 15 is 0 Å². The molecule has 4 heteroatoms. The van der Waals surface area contributed by atoms with E-state index in [9.17, 15) is 4.79 Å². The number of ether oxygens (including phenoxy) is 1. The van der Waals surface area contributed by atoms with Crippen LogP contribution in [0.1, 0.15) is 52.8 Å². The second-order valence-electron chi connectivity index (χ2n) is 5.46. The Hall–Kier alpha value is -2.23. The zero-order valence-corrected chi connectivity index (χ0v) is 12.8. The lowest BCUT2D eigenvalue weighted by molar-refractivity contribution is 0.0695. The van der Waals surface area contributed by atoms with E-state index in [-0.39, 0.29) is 12.2 Å². The first-order valence-corrected chi connectivity index (χ1v) is 6.94. The molecule has 0 aliphatic rings. The van der Waals surface area contributed by atoms with E-state index in [2.05, 4.69) is 19.9 Å². The molecule has 4 nitrogen and oxygen atoms in total. The highest BCUT2D eigenvalue weighted by molar-refractivity contribution is 5.88. The maximum atomic E-state index is 11.0. The molecular weight excluding hydrogens is 268 g/mol. The number of benzene rings is 1. The summed E-state index contributed by atoms with van der Waals surface area (Å²) in [5, 5.41) is 9.00. The SMILES string of the molecule is Cc1ccc(C(C)C)cc1OCc1cc(C(=O)O)c(C)o1. The van der Waals surface area contributed by atoms with Crippen LogP contribution in [-0.4, -0.2) is 11.1 Å². The van der Waals surface area contributed by atoms with Crippen LogP contribution in [0.2, 0.25) is 0 Å². The zero-order valence-electron chi connectivity index (χ0n) is 12.8. The summed E-state index contributed by atoms with van der Waals surface area (Å²) in [5.41, 5.74) is 2.43. The number of hydrogen-bond acceptors (Lipinski definition) is 3. The van der Waals surface area contributed by atoms with Crippen molar-refractivity contribution < 1.29 is 19.1 Å². The van der Waals surface area contributed by atoms with Gasteiger partial charge in [-0.05, 0) is 43.0 Å². The molecule has 0 aliphatic carbocycles. The van der Waals surface area contributed by atoms with Gasteiger partial charge in [0.1, 0.15) is 29.4 Å². The average Bonchev–Trinajstić information content (AvgIpc) is 2.79. The number of carboxylic acids is 1. The van der Waals surface area contributed by atoms with Crippen LogP contribution in [0.3, 0.4) is 0 Å². The molecule has 1 N–H and O–H groups in total. The van der Waals surface area contributed by atoms with Gasteiger partial charge in [0, 0.05) is 0 Å². The highest BCUT2D eigenvalue weighted by Crippen LogP contribution is 2.25. The largest absolute Gasteiger partial charge is 0.485 e. The fourth-order valence-corrected chi connectivity index (χ4v) is 2.11. The Bertz CT molecular complexity index is 653. The molecular formula is C17H20O4. The normalized spacial score (nSPS) is 10.9. The summed E-state index contributed by atoms with van der Waals surface area (Å²) in [6.45, 7) is 8.09. The van der Waals surface area contributed by atoms with Crippen molar-refractivity contribution in [2.24, 2.45) is 0 Å². The first kappa shape index (κ1) is 15.2. The summed E-state index contributed by atoms with van der Waals surface area (Å²) < 4.78 is 11.2. The van der Waals surface area contributed by atoms with Crippen molar-refractivity contribution >= 4 is 5.97 Å². The van der Waals surface area contributed by atoms with Crippen LogP contribution in [0.4, 0.5) is 0 Å². The van der Waals surface area contributed by atoms with Crippen molar-refractivity contribution in [1.29, 1.82) is 0 Å². The smallest absolute Gasteiger partial charge is 0.339 e. The molecule has 0 bridgehead atoms. The van der Waals surface area contributed by atoms with Crippen LogP contribution in [-0.2, 0) is 6.61 Å². The molecule has 0 atom stereocenters. The van der Waals surface area contributed by atoms with Crippen LogP contribution >= 0.6 is 0 Å². The molecule has 1 aromatic heterocycles. The lowest BCUT2D eigenvalue weighted by Gasteiger charge is -2.12. The van der Waals surface area contributed by atoms with Crippen molar-refractivity contribution in [1.82, 2.24) is 0 Å². The predicted octanol–water partition coefficient (Wildman–Crippen LogP) is 4.30. The van der Waals surface area contributed by atoms with Gasteiger partial charge in [0.25, 0.3) is 0 Å². The predicted molar refractivity (Wildman–Crippen MR) is 80.0 cm³/mol. The number of aryl methyl sites for hydroxylation is 2. The molecule has 0 radical (unpaired) electrons. The number of aromatic carboxylic acids is 1. The number of furan rings is 1. The summed E-state index contributed by atoms with van der Waals surface area (Å²) in [5.74, 6) is 1.15. The zero-order chi connectivity index (χ0) is 15.6. The quantitative estimate of drug-likeness (QED) is 0.891. The summed E-state index contributed by atoms with van der Waals surface area (Å²) in [7, 11) is 0. The molecule has 2 rings (SSSR count). The number of carboxylic acid groups (broad SMARTS) is 1. The molecule has 112 valence electrons. The van der Waals surface area contributed by atoms with E-state index in [0.717, 1.165) is 11.3 Å². The Labute approximate surface area is 124 Å². The molecule has 0 unspecified atom stereocenters. The first-order valence-electron chi connectivity index (χ1n) is 6.94. The standard InChI is InChI=1S/C17H20O4/c1-10(2)13-6-5-11(3)16(7-13)20-9-14-8-15(17(18)19)12(4)21-14/h5-8,10H,9H2,1-4H3,(H,18,19). The topological polar surface area (TPSA) is 59.7 Å². The van der Waals surface area contributed by atoms with E-state index in [0.29, 0.717) is 17.4 Å². The monoisotopic (exact) mass is 288 g/mol. The highest BCUT2D eigenvalue weighted by atomic mass is 16.5. The third-order valence-corrected chi connectivity index (χ3v) is 3.45. The Balaban J connectivity index is 2.14. The summed E-state index contributed by atoms with van der Waals surface area (Å²) in [4.78, 5) is 11.0. The second kappa shape index (κ2) is 6.04. The van der Waals surface area contributed by atoms with Gasteiger partial charge < -0.3 is 14.3 Å². The fourth-order valence-electron chi connectivity index (χ4n) is 2.11. The van der Waals surface area contributed by atoms with Crippen molar-refractivity contribution in [2.45, 2.75) is 40.2 Å². The number of hydrogen-bond donors (Lipinski definition) is 1. The van der Waals surface area contributed by atoms with E-state index in [1.165, 1.54) is 11.6 Å². The van der Waals surface area contributed by atoms with Crippen molar-refractivity contribution in [3.63, 3.8) is 0 Å². The molecule has 0 fully saturated rings. The van der Waals surface area contributed by atoms with Gasteiger partial charge in [0.2, 0.25) is 0 Å². The molecule has 0 amide bonds. The van der Waals surface area contributed by atoms with Crippen LogP contribution in [0.25, 0.3) is 0 Å². The van der Waals surface area contributed by atoms with Gasteiger partial charge in [0.05, 0.1) is 0 Å². The third-order valence-electron chi connectivity index (χ3n) is 3.45. The molecule has 0 spiro atoms. The Morgan fingerprint density at radius 3 is 2.57 bits per heavy atom. The minimum atomic E-state index is -0.986. The Morgan fingerprint density at radius 2 is 2.00 bits per heavy atom. The van der Waals surface area contributed by atoms with Gasteiger partial charge >= 0.3 is 5.97 Å². The number of carbonyl (C=O) groups is 1. The lowest BCUT2D eigenvalue weighted by atomic mass is 10.0. The molecule has 0 aliphatic heterocycles. The van der Waals surface area contributed by atoms with Crippen LogP contribution in [0, 0.1) is 13.8 Å². The van der Waals surface area contributed by atoms with E-state index in [1.807, 2.05) is 19.1 Å². The molecule has 1 aromatic carbocycles. The van der Waals surface area contributed by atoms with Gasteiger partial charge in [0.15, 0.2) is 0 Å². The van der Waals surface area contributed by atoms with Crippen molar-refractivity contribution in [3.05, 3.63) is 52.5 Å². The second-order valence-corrected chi connectivity index (χ2v) is 5.46. The Kier molecular flexibility index (Phi) is 4.36. The van der Waals surface area contributed by atoms with Gasteiger partial charge in [-0.3, -0.25) is 0 Å². The van der Waals surface area contributed by atoms with Gasteiger partial charge in [-0.2, -0.15) is 0 Å².